The predicted molar refractivity (Wildman–Crippen MR) is 94.3 cm³/mol. The smallest absolute Gasteiger partial charge is 0.137 e. The second-order valence-electron chi connectivity index (χ2n) is 5.56. The number of phenols is 1. The highest BCUT2D eigenvalue weighted by Gasteiger charge is 2.09. The van der Waals surface area contributed by atoms with E-state index in [-0.39, 0.29) is 5.75 Å². The van der Waals surface area contributed by atoms with Crippen LogP contribution in [-0.4, -0.2) is 21.6 Å². The first-order valence-electron chi connectivity index (χ1n) is 7.66. The Labute approximate surface area is 139 Å². The fraction of sp³-hybridized carbons (Fsp3) is 0.0500. The molecule has 0 saturated heterocycles. The lowest BCUT2D eigenvalue weighted by atomic mass is 10.1. The van der Waals surface area contributed by atoms with E-state index in [1.165, 1.54) is 0 Å². The van der Waals surface area contributed by atoms with E-state index in [2.05, 4.69) is 4.98 Å². The molecule has 0 bridgehead atoms. The Balaban J connectivity index is 1.77. The van der Waals surface area contributed by atoms with Gasteiger partial charge < -0.3 is 14.2 Å². The number of benzene rings is 2. The number of fused-ring (bicyclic) bond motifs is 1. The Bertz CT molecular complexity index is 1000. The molecule has 0 aliphatic rings. The number of aromatic nitrogens is 2. The van der Waals surface area contributed by atoms with Crippen molar-refractivity contribution in [3.63, 3.8) is 0 Å². The van der Waals surface area contributed by atoms with E-state index in [0.29, 0.717) is 0 Å². The molecule has 0 saturated carbocycles. The zero-order chi connectivity index (χ0) is 16.5. The second kappa shape index (κ2) is 5.74. The van der Waals surface area contributed by atoms with Gasteiger partial charge in [-0.1, -0.05) is 24.3 Å². The lowest BCUT2D eigenvalue weighted by molar-refractivity contribution is 0.415. The standard InChI is InChI=1S/C20H16N2O2/c1-24-16-9-6-14(7-10-16)15-8-11-20-21-18(13-22(20)12-15)17-4-2-3-5-19(17)23/h2-13,23H,1H3. The Kier molecular flexibility index (Phi) is 3.43. The summed E-state index contributed by atoms with van der Waals surface area (Å²) in [6.07, 6.45) is 3.96. The van der Waals surface area contributed by atoms with Crippen molar-refractivity contribution in [3.05, 3.63) is 73.1 Å². The topological polar surface area (TPSA) is 46.8 Å². The van der Waals surface area contributed by atoms with Crippen molar-refractivity contribution in [2.75, 3.05) is 7.11 Å². The maximum atomic E-state index is 10.0. The Morgan fingerprint density at radius 1 is 0.875 bits per heavy atom. The summed E-state index contributed by atoms with van der Waals surface area (Å²) in [6, 6.07) is 19.2. The molecule has 4 aromatic rings. The third-order valence-electron chi connectivity index (χ3n) is 4.05. The van der Waals surface area contributed by atoms with Crippen LogP contribution in [0.15, 0.2) is 73.1 Å². The zero-order valence-corrected chi connectivity index (χ0v) is 13.2. The van der Waals surface area contributed by atoms with Crippen LogP contribution in [0.25, 0.3) is 28.0 Å². The van der Waals surface area contributed by atoms with Crippen molar-refractivity contribution in [2.24, 2.45) is 0 Å². The summed E-state index contributed by atoms with van der Waals surface area (Å²) in [6.45, 7) is 0. The number of para-hydroxylation sites is 1. The Morgan fingerprint density at radius 3 is 2.38 bits per heavy atom. The molecule has 0 aliphatic carbocycles. The maximum Gasteiger partial charge on any atom is 0.137 e. The fourth-order valence-corrected chi connectivity index (χ4v) is 2.77. The third kappa shape index (κ3) is 2.48. The first-order chi connectivity index (χ1) is 11.7. The molecule has 2 aromatic heterocycles. The predicted octanol–water partition coefficient (Wildman–Crippen LogP) is 4.38. The first-order valence-corrected chi connectivity index (χ1v) is 7.66. The average Bonchev–Trinajstić information content (AvgIpc) is 3.05. The van der Waals surface area contributed by atoms with E-state index in [0.717, 1.165) is 33.8 Å². The molecule has 0 unspecified atom stereocenters. The number of methoxy groups -OCH3 is 1. The van der Waals surface area contributed by atoms with Gasteiger partial charge in [-0.3, -0.25) is 0 Å². The number of nitrogens with zero attached hydrogens (tertiary/aromatic N) is 2. The van der Waals surface area contributed by atoms with Crippen LogP contribution in [0.2, 0.25) is 0 Å². The van der Waals surface area contributed by atoms with E-state index in [4.69, 9.17) is 4.74 Å². The lowest BCUT2D eigenvalue weighted by Gasteiger charge is -2.04. The number of phenolic OH excluding ortho intramolecular Hbond substituents is 1. The van der Waals surface area contributed by atoms with Crippen LogP contribution in [0.1, 0.15) is 0 Å². The van der Waals surface area contributed by atoms with Crippen molar-refractivity contribution in [1.82, 2.24) is 9.38 Å². The zero-order valence-electron chi connectivity index (χ0n) is 13.2. The molecule has 2 aromatic carbocycles. The van der Waals surface area contributed by atoms with Crippen LogP contribution in [0.4, 0.5) is 0 Å². The van der Waals surface area contributed by atoms with Crippen molar-refractivity contribution in [1.29, 1.82) is 0 Å². The van der Waals surface area contributed by atoms with Gasteiger partial charge in [0.15, 0.2) is 0 Å². The van der Waals surface area contributed by atoms with Gasteiger partial charge in [-0.05, 0) is 47.5 Å². The second-order valence-corrected chi connectivity index (χ2v) is 5.56. The van der Waals surface area contributed by atoms with Gasteiger partial charge in [0.2, 0.25) is 0 Å². The maximum absolute atomic E-state index is 10.0. The van der Waals surface area contributed by atoms with Gasteiger partial charge in [-0.25, -0.2) is 4.98 Å². The van der Waals surface area contributed by atoms with Crippen molar-refractivity contribution in [3.8, 4) is 33.9 Å². The van der Waals surface area contributed by atoms with Gasteiger partial charge >= 0.3 is 0 Å². The molecular weight excluding hydrogens is 300 g/mol. The number of imidazole rings is 1. The molecule has 0 fully saturated rings. The molecule has 0 aliphatic heterocycles. The third-order valence-corrected chi connectivity index (χ3v) is 4.05. The van der Waals surface area contributed by atoms with E-state index in [1.807, 2.05) is 65.3 Å². The van der Waals surface area contributed by atoms with E-state index >= 15 is 0 Å². The summed E-state index contributed by atoms with van der Waals surface area (Å²) >= 11 is 0. The summed E-state index contributed by atoms with van der Waals surface area (Å²) in [5, 5.41) is 10.0. The molecule has 0 spiro atoms. The van der Waals surface area contributed by atoms with E-state index < -0.39 is 0 Å². The van der Waals surface area contributed by atoms with Crippen LogP contribution >= 0.6 is 0 Å². The summed E-state index contributed by atoms with van der Waals surface area (Å²) in [4.78, 5) is 4.59. The number of rotatable bonds is 3. The van der Waals surface area contributed by atoms with Gasteiger partial charge in [-0.15, -0.1) is 0 Å². The highest BCUT2D eigenvalue weighted by atomic mass is 16.5. The van der Waals surface area contributed by atoms with Gasteiger partial charge in [0, 0.05) is 18.0 Å². The van der Waals surface area contributed by atoms with Crippen LogP contribution < -0.4 is 4.74 Å². The summed E-state index contributed by atoms with van der Waals surface area (Å²) < 4.78 is 7.17. The molecule has 2 heterocycles. The normalized spacial score (nSPS) is 10.9. The molecular formula is C20H16N2O2. The number of ether oxygens (including phenoxy) is 1. The van der Waals surface area contributed by atoms with Gasteiger partial charge in [0.1, 0.15) is 17.1 Å². The quantitative estimate of drug-likeness (QED) is 0.610. The minimum atomic E-state index is 0.233. The molecule has 0 amide bonds. The van der Waals surface area contributed by atoms with Crippen molar-refractivity contribution in [2.45, 2.75) is 0 Å². The summed E-state index contributed by atoms with van der Waals surface area (Å²) in [7, 11) is 1.66. The molecule has 24 heavy (non-hydrogen) atoms. The summed E-state index contributed by atoms with van der Waals surface area (Å²) in [5.41, 5.74) is 4.51. The molecule has 0 radical (unpaired) electrons. The van der Waals surface area contributed by atoms with Crippen molar-refractivity contribution >= 4 is 5.65 Å². The molecule has 4 rings (SSSR count). The SMILES string of the molecule is COc1ccc(-c2ccc3nc(-c4ccccc4O)cn3c2)cc1. The fourth-order valence-electron chi connectivity index (χ4n) is 2.77. The lowest BCUT2D eigenvalue weighted by Crippen LogP contribution is -1.86. The van der Waals surface area contributed by atoms with Crippen molar-refractivity contribution < 1.29 is 9.84 Å². The molecule has 0 atom stereocenters. The number of hydrogen-bond acceptors (Lipinski definition) is 3. The molecule has 4 nitrogen and oxygen atoms in total. The van der Waals surface area contributed by atoms with Crippen LogP contribution in [-0.2, 0) is 0 Å². The Hall–Kier alpha value is -3.27. The number of pyridine rings is 1. The van der Waals surface area contributed by atoms with E-state index in [9.17, 15) is 5.11 Å². The average molecular weight is 316 g/mol. The Morgan fingerprint density at radius 2 is 1.62 bits per heavy atom. The van der Waals surface area contributed by atoms with Gasteiger partial charge in [0.25, 0.3) is 0 Å². The number of aromatic hydroxyl groups is 1. The molecule has 4 heteroatoms. The molecule has 118 valence electrons. The largest absolute Gasteiger partial charge is 0.507 e. The minimum Gasteiger partial charge on any atom is -0.507 e. The highest BCUT2D eigenvalue weighted by Crippen LogP contribution is 2.29. The first kappa shape index (κ1) is 14.3. The number of hydrogen-bond donors (Lipinski definition) is 1. The highest BCUT2D eigenvalue weighted by molar-refractivity contribution is 5.70. The van der Waals surface area contributed by atoms with E-state index in [1.54, 1.807) is 19.2 Å². The monoisotopic (exact) mass is 316 g/mol. The van der Waals surface area contributed by atoms with Crippen LogP contribution in [0, 0.1) is 0 Å². The molecule has 1 N–H and O–H groups in total. The van der Waals surface area contributed by atoms with Gasteiger partial charge in [0.05, 0.1) is 12.8 Å². The summed E-state index contributed by atoms with van der Waals surface area (Å²) in [5.74, 6) is 1.07. The van der Waals surface area contributed by atoms with Crippen LogP contribution in [0.5, 0.6) is 11.5 Å². The minimum absolute atomic E-state index is 0.233. The van der Waals surface area contributed by atoms with Crippen LogP contribution in [0.3, 0.4) is 0 Å². The van der Waals surface area contributed by atoms with Gasteiger partial charge in [-0.2, -0.15) is 0 Å².